The maximum absolute atomic E-state index is 13.1. The van der Waals surface area contributed by atoms with Gasteiger partial charge >= 0.3 is 5.69 Å². The molecule has 2 aromatic rings. The predicted octanol–water partition coefficient (Wildman–Crippen LogP) is 2.12. The fourth-order valence-electron chi connectivity index (χ4n) is 1.39. The number of rotatable bonds is 4. The lowest BCUT2D eigenvalue weighted by atomic mass is 10.2. The summed E-state index contributed by atoms with van der Waals surface area (Å²) in [5.74, 6) is -1.49. The Bertz CT molecular complexity index is 616. The van der Waals surface area contributed by atoms with Gasteiger partial charge in [0, 0.05) is 23.2 Å². The molecule has 1 amide bonds. The van der Waals surface area contributed by atoms with Crippen molar-refractivity contribution in [2.75, 3.05) is 0 Å². The third-order valence-electron chi connectivity index (χ3n) is 2.29. The van der Waals surface area contributed by atoms with Crippen LogP contribution in [0.3, 0.4) is 0 Å². The third-order valence-corrected chi connectivity index (χ3v) is 3.07. The molecule has 0 unspecified atom stereocenters. The molecule has 0 aliphatic carbocycles. The second kappa shape index (κ2) is 5.53. The maximum Gasteiger partial charge on any atom is 0.305 e. The van der Waals surface area contributed by atoms with Crippen LogP contribution in [0.5, 0.6) is 0 Å². The van der Waals surface area contributed by atoms with Crippen LogP contribution in [0.1, 0.15) is 15.4 Å². The van der Waals surface area contributed by atoms with E-state index in [-0.39, 0.29) is 12.1 Å². The number of halogens is 1. The number of amides is 1. The summed E-state index contributed by atoms with van der Waals surface area (Å²) in [6.07, 6.45) is 1.61. The lowest BCUT2D eigenvalue weighted by Gasteiger charge is -2.03. The molecule has 0 radical (unpaired) electrons. The molecule has 0 fully saturated rings. The van der Waals surface area contributed by atoms with Crippen LogP contribution >= 0.6 is 11.3 Å². The highest BCUT2D eigenvalue weighted by Gasteiger charge is 2.17. The van der Waals surface area contributed by atoms with E-state index in [1.165, 1.54) is 17.4 Å². The Balaban J connectivity index is 2.11. The van der Waals surface area contributed by atoms with E-state index in [0.717, 1.165) is 12.1 Å². The average Bonchev–Trinajstić information content (AvgIpc) is 2.89. The molecule has 1 aromatic carbocycles. The number of hydrogen-bond donors (Lipinski definition) is 1. The largest absolute Gasteiger partial charge is 0.346 e. The highest BCUT2D eigenvalue weighted by atomic mass is 32.1. The Morgan fingerprint density at radius 3 is 2.95 bits per heavy atom. The molecular formula is C11H8FN3O3S. The minimum Gasteiger partial charge on any atom is -0.346 e. The predicted molar refractivity (Wildman–Crippen MR) is 66.3 cm³/mol. The Morgan fingerprint density at radius 2 is 2.32 bits per heavy atom. The number of nitro groups is 1. The number of nitro benzene ring substituents is 1. The van der Waals surface area contributed by atoms with Crippen LogP contribution in [-0.4, -0.2) is 15.8 Å². The van der Waals surface area contributed by atoms with Crippen LogP contribution < -0.4 is 5.32 Å². The molecule has 0 saturated heterocycles. The number of carbonyl (C=O) groups is 1. The van der Waals surface area contributed by atoms with E-state index >= 15 is 0 Å². The first-order chi connectivity index (χ1) is 9.08. The molecule has 0 aliphatic rings. The molecule has 19 heavy (non-hydrogen) atoms. The Labute approximate surface area is 111 Å². The van der Waals surface area contributed by atoms with Gasteiger partial charge in [0.05, 0.1) is 11.5 Å². The van der Waals surface area contributed by atoms with Crippen molar-refractivity contribution >= 4 is 22.9 Å². The monoisotopic (exact) mass is 281 g/mol. The first-order valence-electron chi connectivity index (χ1n) is 5.18. The molecule has 2 rings (SSSR count). The molecule has 0 aliphatic heterocycles. The summed E-state index contributed by atoms with van der Waals surface area (Å²) in [5, 5.41) is 15.6. The number of benzene rings is 1. The standard InChI is InChI=1S/C11H8FN3O3S/c12-8-2-1-7(5-9(8)15(17)18)11(16)14-6-10-13-3-4-19-10/h1-5H,6H2,(H,14,16). The number of thiazole rings is 1. The molecule has 1 aromatic heterocycles. The summed E-state index contributed by atoms with van der Waals surface area (Å²) < 4.78 is 13.1. The van der Waals surface area contributed by atoms with Gasteiger partial charge < -0.3 is 5.32 Å². The molecular weight excluding hydrogens is 273 g/mol. The van der Waals surface area contributed by atoms with Crippen LogP contribution in [0, 0.1) is 15.9 Å². The van der Waals surface area contributed by atoms with Crippen molar-refractivity contribution in [2.45, 2.75) is 6.54 Å². The molecule has 0 saturated carbocycles. The fraction of sp³-hybridized carbons (Fsp3) is 0.0909. The van der Waals surface area contributed by atoms with Gasteiger partial charge in [-0.1, -0.05) is 0 Å². The Kier molecular flexibility index (Phi) is 3.81. The normalized spacial score (nSPS) is 10.2. The summed E-state index contributed by atoms with van der Waals surface area (Å²) in [6.45, 7) is 0.224. The van der Waals surface area contributed by atoms with Gasteiger partial charge in [-0.05, 0) is 12.1 Å². The highest BCUT2D eigenvalue weighted by molar-refractivity contribution is 7.09. The molecule has 1 N–H and O–H groups in total. The summed E-state index contributed by atoms with van der Waals surface area (Å²) in [5.41, 5.74) is -0.688. The van der Waals surface area contributed by atoms with Crippen molar-refractivity contribution in [3.8, 4) is 0 Å². The van der Waals surface area contributed by atoms with E-state index in [1.54, 1.807) is 11.6 Å². The van der Waals surface area contributed by atoms with E-state index in [0.29, 0.717) is 5.01 Å². The van der Waals surface area contributed by atoms with E-state index in [1.807, 2.05) is 0 Å². The zero-order chi connectivity index (χ0) is 13.8. The van der Waals surface area contributed by atoms with Crippen molar-refractivity contribution in [1.82, 2.24) is 10.3 Å². The summed E-state index contributed by atoms with van der Waals surface area (Å²) in [6, 6.07) is 3.00. The smallest absolute Gasteiger partial charge is 0.305 e. The van der Waals surface area contributed by atoms with E-state index in [4.69, 9.17) is 0 Å². The van der Waals surface area contributed by atoms with Gasteiger partial charge in [0.15, 0.2) is 0 Å². The van der Waals surface area contributed by atoms with Crippen molar-refractivity contribution < 1.29 is 14.1 Å². The van der Waals surface area contributed by atoms with Crippen molar-refractivity contribution in [3.05, 3.63) is 56.3 Å². The van der Waals surface area contributed by atoms with Gasteiger partial charge in [-0.25, -0.2) is 4.98 Å². The minimum absolute atomic E-state index is 0.0321. The van der Waals surface area contributed by atoms with E-state index < -0.39 is 22.3 Å². The number of carbonyl (C=O) groups excluding carboxylic acids is 1. The molecule has 98 valence electrons. The molecule has 8 heteroatoms. The van der Waals surface area contributed by atoms with Crippen LogP contribution in [-0.2, 0) is 6.54 Å². The van der Waals surface area contributed by atoms with Gasteiger partial charge in [-0.2, -0.15) is 4.39 Å². The van der Waals surface area contributed by atoms with Gasteiger partial charge in [0.2, 0.25) is 5.82 Å². The summed E-state index contributed by atoms with van der Waals surface area (Å²) >= 11 is 1.38. The Morgan fingerprint density at radius 1 is 1.53 bits per heavy atom. The van der Waals surface area contributed by atoms with Crippen molar-refractivity contribution in [1.29, 1.82) is 0 Å². The van der Waals surface area contributed by atoms with Crippen molar-refractivity contribution in [2.24, 2.45) is 0 Å². The zero-order valence-electron chi connectivity index (χ0n) is 9.50. The van der Waals surface area contributed by atoms with Crippen LogP contribution in [0.25, 0.3) is 0 Å². The van der Waals surface area contributed by atoms with Gasteiger partial charge in [0.1, 0.15) is 5.01 Å². The Hall–Kier alpha value is -2.35. The molecule has 0 spiro atoms. The fourth-order valence-corrected chi connectivity index (χ4v) is 1.95. The van der Waals surface area contributed by atoms with Crippen molar-refractivity contribution in [3.63, 3.8) is 0 Å². The number of hydrogen-bond acceptors (Lipinski definition) is 5. The topological polar surface area (TPSA) is 85.1 Å². The zero-order valence-corrected chi connectivity index (χ0v) is 10.3. The quantitative estimate of drug-likeness (QED) is 0.687. The van der Waals surface area contributed by atoms with Gasteiger partial charge in [0.25, 0.3) is 5.91 Å². The second-order valence-electron chi connectivity index (χ2n) is 3.53. The molecule has 1 heterocycles. The first kappa shape index (κ1) is 13.1. The lowest BCUT2D eigenvalue weighted by Crippen LogP contribution is -2.22. The summed E-state index contributed by atoms with van der Waals surface area (Å²) in [4.78, 5) is 25.4. The van der Waals surface area contributed by atoms with Crippen LogP contribution in [0.4, 0.5) is 10.1 Å². The number of nitrogens with one attached hydrogen (secondary N) is 1. The summed E-state index contributed by atoms with van der Waals surface area (Å²) in [7, 11) is 0. The van der Waals surface area contributed by atoms with Gasteiger partial charge in [-0.3, -0.25) is 14.9 Å². The highest BCUT2D eigenvalue weighted by Crippen LogP contribution is 2.18. The van der Waals surface area contributed by atoms with Crippen LogP contribution in [0.15, 0.2) is 29.8 Å². The molecule has 0 bridgehead atoms. The molecule has 6 nitrogen and oxygen atoms in total. The SMILES string of the molecule is O=C(NCc1nccs1)c1ccc(F)c([N+](=O)[O-])c1. The molecule has 0 atom stereocenters. The van der Waals surface area contributed by atoms with Gasteiger partial charge in [-0.15, -0.1) is 11.3 Å². The average molecular weight is 281 g/mol. The third kappa shape index (κ3) is 3.10. The minimum atomic E-state index is -0.971. The first-order valence-corrected chi connectivity index (χ1v) is 6.06. The lowest BCUT2D eigenvalue weighted by molar-refractivity contribution is -0.387. The number of nitrogens with zero attached hydrogens (tertiary/aromatic N) is 2. The van der Waals surface area contributed by atoms with E-state index in [2.05, 4.69) is 10.3 Å². The van der Waals surface area contributed by atoms with E-state index in [9.17, 15) is 19.3 Å². The number of aromatic nitrogens is 1. The van der Waals surface area contributed by atoms with Crippen LogP contribution in [0.2, 0.25) is 0 Å². The maximum atomic E-state index is 13.1. The second-order valence-corrected chi connectivity index (χ2v) is 4.51.